The molecule has 104 valence electrons. The monoisotopic (exact) mass is 250 g/mol. The Morgan fingerprint density at radius 1 is 0.944 bits per heavy atom. The summed E-state index contributed by atoms with van der Waals surface area (Å²) in [7, 11) is 0. The predicted octanol–water partition coefficient (Wildman–Crippen LogP) is 2.89. The largest absolute Gasteiger partial charge is 0.314 e. The van der Waals surface area contributed by atoms with Gasteiger partial charge >= 0.3 is 0 Å². The minimum absolute atomic E-state index is 0.809. The van der Waals surface area contributed by atoms with Crippen molar-refractivity contribution in [3.8, 4) is 0 Å². The average Bonchev–Trinajstić information content (AvgIpc) is 2.92. The first-order valence-corrected chi connectivity index (χ1v) is 8.32. The summed E-state index contributed by atoms with van der Waals surface area (Å²) >= 11 is 0. The molecule has 0 spiro atoms. The summed E-state index contributed by atoms with van der Waals surface area (Å²) < 4.78 is 0. The standard InChI is InChI=1S/C16H30N2/c1-2-17-16-9-4-3-6-15(16)12-18-10-13-7-5-8-14(13)11-18/h13-17H,2-12H2,1H3. The topological polar surface area (TPSA) is 15.3 Å². The Kier molecular flexibility index (Phi) is 4.25. The van der Waals surface area contributed by atoms with Gasteiger partial charge in [-0.3, -0.25) is 0 Å². The van der Waals surface area contributed by atoms with Crippen molar-refractivity contribution in [3.63, 3.8) is 0 Å². The number of hydrogen-bond donors (Lipinski definition) is 1. The van der Waals surface area contributed by atoms with Crippen molar-refractivity contribution >= 4 is 0 Å². The van der Waals surface area contributed by atoms with Crippen LogP contribution in [0, 0.1) is 17.8 Å². The van der Waals surface area contributed by atoms with E-state index in [1.165, 1.54) is 64.6 Å². The van der Waals surface area contributed by atoms with E-state index in [1.807, 2.05) is 0 Å². The van der Waals surface area contributed by atoms with Gasteiger partial charge in [0.25, 0.3) is 0 Å². The molecule has 4 atom stereocenters. The van der Waals surface area contributed by atoms with Gasteiger partial charge in [0.05, 0.1) is 0 Å². The van der Waals surface area contributed by atoms with Gasteiger partial charge in [-0.05, 0) is 50.0 Å². The SMILES string of the molecule is CCNC1CCCCC1CN1CC2CCCC2C1. The molecule has 18 heavy (non-hydrogen) atoms. The molecule has 0 bridgehead atoms. The molecular formula is C16H30N2. The second kappa shape index (κ2) is 5.92. The third-order valence-electron chi connectivity index (χ3n) is 5.67. The lowest BCUT2D eigenvalue weighted by Gasteiger charge is -2.35. The summed E-state index contributed by atoms with van der Waals surface area (Å²) in [6, 6.07) is 0.809. The van der Waals surface area contributed by atoms with Crippen molar-refractivity contribution in [1.29, 1.82) is 0 Å². The van der Waals surface area contributed by atoms with E-state index in [0.717, 1.165) is 30.3 Å². The van der Waals surface area contributed by atoms with Gasteiger partial charge in [-0.25, -0.2) is 0 Å². The molecule has 3 rings (SSSR count). The number of hydrogen-bond acceptors (Lipinski definition) is 2. The Bertz CT molecular complexity index is 252. The first-order valence-electron chi connectivity index (χ1n) is 8.32. The van der Waals surface area contributed by atoms with Gasteiger partial charge in [-0.2, -0.15) is 0 Å². The molecule has 2 nitrogen and oxygen atoms in total. The van der Waals surface area contributed by atoms with Gasteiger partial charge in [0.15, 0.2) is 0 Å². The molecule has 1 N–H and O–H groups in total. The van der Waals surface area contributed by atoms with Crippen molar-refractivity contribution in [2.24, 2.45) is 17.8 Å². The Labute approximate surface area is 113 Å². The van der Waals surface area contributed by atoms with Crippen molar-refractivity contribution in [2.75, 3.05) is 26.2 Å². The summed E-state index contributed by atoms with van der Waals surface area (Å²) in [5, 5.41) is 3.73. The fourth-order valence-electron chi connectivity index (χ4n) is 4.77. The van der Waals surface area contributed by atoms with Gasteiger partial charge in [0, 0.05) is 25.7 Å². The summed E-state index contributed by atoms with van der Waals surface area (Å²) in [5.74, 6) is 3.05. The lowest BCUT2D eigenvalue weighted by molar-refractivity contribution is 0.183. The molecule has 2 saturated carbocycles. The minimum Gasteiger partial charge on any atom is -0.314 e. The fraction of sp³-hybridized carbons (Fsp3) is 1.00. The zero-order valence-corrected chi connectivity index (χ0v) is 12.0. The number of nitrogens with zero attached hydrogens (tertiary/aromatic N) is 1. The van der Waals surface area contributed by atoms with Crippen molar-refractivity contribution in [1.82, 2.24) is 10.2 Å². The first kappa shape index (κ1) is 12.9. The number of nitrogens with one attached hydrogen (secondary N) is 1. The Balaban J connectivity index is 1.51. The van der Waals surface area contributed by atoms with Crippen LogP contribution in [0.1, 0.15) is 51.9 Å². The predicted molar refractivity (Wildman–Crippen MR) is 76.7 cm³/mol. The molecule has 1 saturated heterocycles. The summed E-state index contributed by atoms with van der Waals surface area (Å²) in [6.45, 7) is 7.61. The van der Waals surface area contributed by atoms with Crippen LogP contribution in [-0.4, -0.2) is 37.1 Å². The van der Waals surface area contributed by atoms with Crippen molar-refractivity contribution < 1.29 is 0 Å². The van der Waals surface area contributed by atoms with Crippen LogP contribution >= 0.6 is 0 Å². The van der Waals surface area contributed by atoms with Crippen molar-refractivity contribution in [2.45, 2.75) is 57.9 Å². The zero-order valence-electron chi connectivity index (χ0n) is 12.0. The molecule has 0 aromatic heterocycles. The van der Waals surface area contributed by atoms with Gasteiger partial charge in [0.2, 0.25) is 0 Å². The van der Waals surface area contributed by atoms with E-state index in [2.05, 4.69) is 17.1 Å². The van der Waals surface area contributed by atoms with Crippen LogP contribution in [0.25, 0.3) is 0 Å². The maximum atomic E-state index is 3.73. The van der Waals surface area contributed by atoms with Gasteiger partial charge in [-0.1, -0.05) is 26.2 Å². The molecule has 3 aliphatic rings. The third-order valence-corrected chi connectivity index (χ3v) is 5.67. The molecule has 4 unspecified atom stereocenters. The Morgan fingerprint density at radius 2 is 1.67 bits per heavy atom. The molecule has 0 radical (unpaired) electrons. The van der Waals surface area contributed by atoms with Crippen LogP contribution < -0.4 is 5.32 Å². The molecule has 0 amide bonds. The minimum atomic E-state index is 0.809. The van der Waals surface area contributed by atoms with E-state index in [4.69, 9.17) is 0 Å². The van der Waals surface area contributed by atoms with Crippen molar-refractivity contribution in [3.05, 3.63) is 0 Å². The lowest BCUT2D eigenvalue weighted by Crippen LogP contribution is -2.43. The highest BCUT2D eigenvalue weighted by atomic mass is 15.2. The maximum Gasteiger partial charge on any atom is 0.0107 e. The number of rotatable bonds is 4. The van der Waals surface area contributed by atoms with Gasteiger partial charge < -0.3 is 10.2 Å². The molecule has 0 aromatic rings. The van der Waals surface area contributed by atoms with Crippen LogP contribution in [0.2, 0.25) is 0 Å². The third kappa shape index (κ3) is 2.75. The second-order valence-corrected chi connectivity index (χ2v) is 6.88. The van der Waals surface area contributed by atoms with E-state index < -0.39 is 0 Å². The first-order chi connectivity index (χ1) is 8.86. The Morgan fingerprint density at radius 3 is 2.39 bits per heavy atom. The van der Waals surface area contributed by atoms with Crippen LogP contribution in [0.4, 0.5) is 0 Å². The van der Waals surface area contributed by atoms with Crippen LogP contribution in [0.15, 0.2) is 0 Å². The van der Waals surface area contributed by atoms with E-state index >= 15 is 0 Å². The number of fused-ring (bicyclic) bond motifs is 1. The van der Waals surface area contributed by atoms with Gasteiger partial charge in [0.1, 0.15) is 0 Å². The summed E-state index contributed by atoms with van der Waals surface area (Å²) in [4.78, 5) is 2.80. The highest BCUT2D eigenvalue weighted by Crippen LogP contribution is 2.38. The van der Waals surface area contributed by atoms with Crippen LogP contribution in [-0.2, 0) is 0 Å². The summed E-state index contributed by atoms with van der Waals surface area (Å²) in [6.07, 6.45) is 10.3. The molecule has 2 heteroatoms. The van der Waals surface area contributed by atoms with E-state index in [9.17, 15) is 0 Å². The quantitative estimate of drug-likeness (QED) is 0.825. The molecule has 0 aromatic carbocycles. The molecular weight excluding hydrogens is 220 g/mol. The van der Waals surface area contributed by atoms with Crippen LogP contribution in [0.3, 0.4) is 0 Å². The second-order valence-electron chi connectivity index (χ2n) is 6.88. The van der Waals surface area contributed by atoms with E-state index in [1.54, 1.807) is 0 Å². The average molecular weight is 250 g/mol. The van der Waals surface area contributed by atoms with Crippen LogP contribution in [0.5, 0.6) is 0 Å². The van der Waals surface area contributed by atoms with Gasteiger partial charge in [-0.15, -0.1) is 0 Å². The normalized spacial score (nSPS) is 41.2. The molecule has 2 aliphatic carbocycles. The highest BCUT2D eigenvalue weighted by Gasteiger charge is 2.37. The Hall–Kier alpha value is -0.0800. The highest BCUT2D eigenvalue weighted by molar-refractivity contribution is 4.91. The zero-order chi connectivity index (χ0) is 12.4. The molecule has 1 aliphatic heterocycles. The van der Waals surface area contributed by atoms with E-state index in [-0.39, 0.29) is 0 Å². The van der Waals surface area contributed by atoms with E-state index in [0.29, 0.717) is 0 Å². The molecule has 1 heterocycles. The fourth-order valence-corrected chi connectivity index (χ4v) is 4.77. The number of likely N-dealkylation sites (tertiary alicyclic amines) is 1. The molecule has 3 fully saturated rings. The maximum absolute atomic E-state index is 3.73. The lowest BCUT2D eigenvalue weighted by atomic mass is 9.84. The smallest absolute Gasteiger partial charge is 0.0107 e. The summed E-state index contributed by atoms with van der Waals surface area (Å²) in [5.41, 5.74) is 0.